The number of anilines is 1. The zero-order valence-electron chi connectivity index (χ0n) is 27.2. The Labute approximate surface area is 296 Å². The Balaban J connectivity index is 0.000000361. The Kier molecular flexibility index (Phi) is 9.37. The lowest BCUT2D eigenvalue weighted by molar-refractivity contribution is 0.281. The molecule has 0 radical (unpaired) electrons. The number of hydrogen-bond acceptors (Lipinski definition) is 7. The van der Waals surface area contributed by atoms with Crippen molar-refractivity contribution in [3.8, 4) is 17.2 Å². The van der Waals surface area contributed by atoms with Crippen molar-refractivity contribution in [1.82, 2.24) is 19.4 Å². The number of nitriles is 1. The van der Waals surface area contributed by atoms with E-state index in [0.717, 1.165) is 49.5 Å². The third-order valence-electron chi connectivity index (χ3n) is 10.8. The van der Waals surface area contributed by atoms with E-state index in [1.54, 1.807) is 4.57 Å². The van der Waals surface area contributed by atoms with E-state index in [1.165, 1.54) is 25.0 Å². The molecule has 4 unspecified atom stereocenters. The average Bonchev–Trinajstić information content (AvgIpc) is 3.89. The topological polar surface area (TPSA) is 91.2 Å². The van der Waals surface area contributed by atoms with Gasteiger partial charge in [-0.2, -0.15) is 5.26 Å². The van der Waals surface area contributed by atoms with Crippen molar-refractivity contribution < 1.29 is 13.2 Å². The number of nitrogens with zero attached hydrogens (tertiary/aromatic N) is 5. The fraction of sp³-hybridized carbons (Fsp3) is 0.472. The first-order valence-electron chi connectivity index (χ1n) is 16.8. The number of alkyl halides is 2. The number of hydrogen-bond donors (Lipinski definition) is 1. The molecule has 0 spiro atoms. The third kappa shape index (κ3) is 5.78. The smallest absolute Gasteiger partial charge is 0.272 e. The highest BCUT2D eigenvalue weighted by atomic mass is 35.5. The average molecular weight is 730 g/mol. The van der Waals surface area contributed by atoms with Crippen LogP contribution in [0.4, 0.5) is 18.2 Å². The lowest BCUT2D eigenvalue weighted by Gasteiger charge is -2.32. The van der Waals surface area contributed by atoms with E-state index in [9.17, 15) is 18.8 Å². The summed E-state index contributed by atoms with van der Waals surface area (Å²) in [6.45, 7) is 9.75. The Morgan fingerprint density at radius 3 is 2.71 bits per heavy atom. The van der Waals surface area contributed by atoms with Gasteiger partial charge in [-0.15, -0.1) is 22.9 Å². The molecule has 2 aromatic heterocycles. The molecule has 49 heavy (non-hydrogen) atoms. The molecule has 4 aliphatic heterocycles. The molecule has 0 saturated carbocycles. The highest BCUT2D eigenvalue weighted by Gasteiger charge is 2.37. The second kappa shape index (κ2) is 13.4. The molecule has 2 N–H and O–H groups in total. The van der Waals surface area contributed by atoms with Gasteiger partial charge in [0.05, 0.1) is 26.7 Å². The number of likely N-dealkylation sites (tertiary alicyclic amines) is 1. The summed E-state index contributed by atoms with van der Waals surface area (Å²) in [5, 5.41) is 10.3. The Hall–Kier alpha value is -3.30. The monoisotopic (exact) mass is 728 g/mol. The number of aromatic nitrogens is 2. The van der Waals surface area contributed by atoms with Gasteiger partial charge in [-0.05, 0) is 74.1 Å². The zero-order valence-corrected chi connectivity index (χ0v) is 29.5. The zero-order chi connectivity index (χ0) is 34.7. The van der Waals surface area contributed by atoms with E-state index in [-0.39, 0.29) is 65.4 Å². The summed E-state index contributed by atoms with van der Waals surface area (Å²) in [6.07, 6.45) is 4.57. The van der Waals surface area contributed by atoms with E-state index < -0.39 is 17.8 Å². The largest absolute Gasteiger partial charge is 0.389 e. The van der Waals surface area contributed by atoms with E-state index in [4.69, 9.17) is 28.9 Å². The lowest BCUT2D eigenvalue weighted by atomic mass is 9.82. The van der Waals surface area contributed by atoms with Gasteiger partial charge >= 0.3 is 0 Å². The van der Waals surface area contributed by atoms with Crippen molar-refractivity contribution in [2.24, 2.45) is 11.8 Å². The van der Waals surface area contributed by atoms with Gasteiger partial charge in [-0.25, -0.2) is 18.2 Å². The van der Waals surface area contributed by atoms with Crippen LogP contribution in [-0.4, -0.2) is 63.6 Å². The summed E-state index contributed by atoms with van der Waals surface area (Å²) < 4.78 is 45.7. The van der Waals surface area contributed by atoms with Gasteiger partial charge < -0.3 is 15.2 Å². The van der Waals surface area contributed by atoms with Crippen LogP contribution in [0.15, 0.2) is 29.2 Å². The summed E-state index contributed by atoms with van der Waals surface area (Å²) in [7, 11) is 0. The minimum atomic E-state index is -0.710. The van der Waals surface area contributed by atoms with Crippen molar-refractivity contribution in [3.63, 3.8) is 0 Å². The molecule has 8 rings (SSSR count). The number of benzene rings is 2. The van der Waals surface area contributed by atoms with Crippen LogP contribution in [-0.2, 0) is 19.4 Å². The molecule has 13 heteroatoms. The number of fused-ring (bicyclic) bond motifs is 2. The normalized spacial score (nSPS) is 23.2. The van der Waals surface area contributed by atoms with E-state index >= 15 is 4.39 Å². The van der Waals surface area contributed by atoms with Gasteiger partial charge in [0, 0.05) is 48.9 Å². The summed E-state index contributed by atoms with van der Waals surface area (Å²) in [4.78, 5) is 22.4. The number of aryl methyl sites for hydroxylation is 1. The molecule has 6 heterocycles. The standard InChI is InChI=1S/C29H25Cl2F2N5OS.C7H12FN/c1-3-20-29(39)38-12-15(14-6-7-37(11-14)13(2)9-30)8-17-23(31)22(24(33)25(36-20)26(17)38)16-4-5-19(32)27-21(16)18(10-34)28(35)40-27;8-6-4-7-2-1-3-9(7)5-6/h4-5,14-15H,2-3,6-9,11-12,35H2,1H3;6-7H,1-5H2. The van der Waals surface area contributed by atoms with Crippen LogP contribution in [0.1, 0.15) is 49.4 Å². The maximum atomic E-state index is 16.5. The molecule has 0 aliphatic carbocycles. The molecule has 3 saturated heterocycles. The quantitative estimate of drug-likeness (QED) is 0.212. The summed E-state index contributed by atoms with van der Waals surface area (Å²) in [6, 6.07) is 5.31. The summed E-state index contributed by atoms with van der Waals surface area (Å²) in [5.74, 6) is -0.609. The van der Waals surface area contributed by atoms with Gasteiger partial charge in [-0.1, -0.05) is 31.2 Å². The number of thiophene rings is 1. The predicted octanol–water partition coefficient (Wildman–Crippen LogP) is 7.67. The predicted molar refractivity (Wildman–Crippen MR) is 191 cm³/mol. The van der Waals surface area contributed by atoms with Gasteiger partial charge in [0.15, 0.2) is 5.82 Å². The molecular weight excluding hydrogens is 692 g/mol. The molecule has 4 aliphatic rings. The maximum Gasteiger partial charge on any atom is 0.272 e. The Bertz CT molecular complexity index is 2080. The van der Waals surface area contributed by atoms with Crippen LogP contribution in [0.5, 0.6) is 0 Å². The van der Waals surface area contributed by atoms with E-state index in [0.29, 0.717) is 48.9 Å². The molecule has 4 atom stereocenters. The molecule has 0 amide bonds. The van der Waals surface area contributed by atoms with Gasteiger partial charge in [-0.3, -0.25) is 9.69 Å². The second-order valence-corrected chi connectivity index (χ2v) is 15.2. The van der Waals surface area contributed by atoms with Gasteiger partial charge in [0.2, 0.25) is 0 Å². The number of allylic oxidation sites excluding steroid dienone is 1. The highest BCUT2D eigenvalue weighted by molar-refractivity contribution is 7.23. The van der Waals surface area contributed by atoms with Crippen molar-refractivity contribution in [2.75, 3.05) is 37.8 Å². The number of rotatable bonds is 5. The molecule has 0 bridgehead atoms. The highest BCUT2D eigenvalue weighted by Crippen LogP contribution is 2.48. The van der Waals surface area contributed by atoms with Crippen LogP contribution < -0.4 is 11.3 Å². The minimum Gasteiger partial charge on any atom is -0.389 e. The summed E-state index contributed by atoms with van der Waals surface area (Å²) in [5.41, 5.74) is 8.39. The fourth-order valence-electron chi connectivity index (χ4n) is 8.33. The molecule has 4 aromatic rings. The number of halogens is 5. The van der Waals surface area contributed by atoms with Gasteiger partial charge in [0.1, 0.15) is 34.3 Å². The first kappa shape index (κ1) is 34.2. The molecular formula is C36H37Cl2F3N6OS. The van der Waals surface area contributed by atoms with Crippen molar-refractivity contribution >= 4 is 60.7 Å². The Morgan fingerprint density at radius 1 is 1.20 bits per heavy atom. The second-order valence-electron chi connectivity index (χ2n) is 13.5. The number of nitrogen functional groups attached to an aromatic ring is 1. The van der Waals surface area contributed by atoms with Crippen LogP contribution in [0.3, 0.4) is 0 Å². The fourth-order valence-corrected chi connectivity index (χ4v) is 9.80. The first-order valence-corrected chi connectivity index (χ1v) is 18.5. The van der Waals surface area contributed by atoms with Gasteiger partial charge in [0.25, 0.3) is 5.56 Å². The Morgan fingerprint density at radius 2 is 2.00 bits per heavy atom. The van der Waals surface area contributed by atoms with Crippen LogP contribution >= 0.6 is 34.5 Å². The molecule has 7 nitrogen and oxygen atoms in total. The summed E-state index contributed by atoms with van der Waals surface area (Å²) >= 11 is 14.0. The molecule has 2 aromatic carbocycles. The SMILES string of the molecule is C=C(CCl)N1CCC(C2Cc3c(Cl)c(-c4ccc(F)c5sc(N)c(C#N)c45)c(F)c4nc(CC)c(=O)n(c34)C2)C1.FC1CC2CCCN2C1. The van der Waals surface area contributed by atoms with Crippen molar-refractivity contribution in [1.29, 1.82) is 5.26 Å². The van der Waals surface area contributed by atoms with Crippen LogP contribution in [0, 0.1) is 34.8 Å². The van der Waals surface area contributed by atoms with E-state index in [2.05, 4.69) is 21.4 Å². The van der Waals surface area contributed by atoms with Crippen molar-refractivity contribution in [2.45, 2.75) is 64.2 Å². The molecule has 258 valence electrons. The molecule has 3 fully saturated rings. The maximum absolute atomic E-state index is 16.5. The van der Waals surface area contributed by atoms with Crippen molar-refractivity contribution in [3.05, 3.63) is 68.2 Å². The minimum absolute atomic E-state index is 0.0347. The van der Waals surface area contributed by atoms with Crippen LogP contribution in [0.2, 0.25) is 5.02 Å². The first-order chi connectivity index (χ1) is 23.6. The third-order valence-corrected chi connectivity index (χ3v) is 12.6. The van der Waals surface area contributed by atoms with Crippen LogP contribution in [0.25, 0.3) is 32.2 Å². The van der Waals surface area contributed by atoms with E-state index in [1.807, 2.05) is 13.0 Å². The lowest BCUT2D eigenvalue weighted by Crippen LogP contribution is -2.36. The number of nitrogens with two attached hydrogens (primary N) is 1.